The highest BCUT2D eigenvalue weighted by Crippen LogP contribution is 2.18. The summed E-state index contributed by atoms with van der Waals surface area (Å²) in [6.45, 7) is 13.3. The van der Waals surface area contributed by atoms with Crippen LogP contribution in [0.25, 0.3) is 0 Å². The zero-order valence-electron chi connectivity index (χ0n) is 21.3. The van der Waals surface area contributed by atoms with Gasteiger partial charge in [-0.2, -0.15) is 4.31 Å². The van der Waals surface area contributed by atoms with Gasteiger partial charge >= 0.3 is 0 Å². The van der Waals surface area contributed by atoms with Gasteiger partial charge in [0.05, 0.1) is 4.90 Å². The summed E-state index contributed by atoms with van der Waals surface area (Å²) in [5, 5.41) is 5.94. The van der Waals surface area contributed by atoms with Crippen LogP contribution in [0, 0.1) is 5.92 Å². The number of nitrogens with zero attached hydrogens (tertiary/aromatic N) is 2. The molecule has 1 fully saturated rings. The summed E-state index contributed by atoms with van der Waals surface area (Å²) >= 11 is 0. The number of piperidine rings is 1. The summed E-state index contributed by atoms with van der Waals surface area (Å²) in [6, 6.07) is 5.40. The van der Waals surface area contributed by atoms with Crippen LogP contribution in [-0.4, -0.2) is 74.2 Å². The Balaban J connectivity index is 2.04. The van der Waals surface area contributed by atoms with Crippen molar-refractivity contribution in [2.24, 2.45) is 5.92 Å². The van der Waals surface area contributed by atoms with Gasteiger partial charge in [0, 0.05) is 37.8 Å². The fourth-order valence-electron chi connectivity index (χ4n) is 4.24. The number of likely N-dealkylation sites (tertiary alicyclic amines) is 1. The zero-order valence-corrected chi connectivity index (χ0v) is 22.2. The Hall–Kier alpha value is -1.97. The summed E-state index contributed by atoms with van der Waals surface area (Å²) in [4.78, 5) is 28.5. The molecule has 0 saturated carbocycles. The highest BCUT2D eigenvalue weighted by molar-refractivity contribution is 7.89. The quantitative estimate of drug-likeness (QED) is 0.466. The molecule has 1 unspecified atom stereocenters. The van der Waals surface area contributed by atoms with Crippen molar-refractivity contribution in [1.29, 1.82) is 0 Å². The molecule has 1 saturated heterocycles. The molecule has 0 aromatic heterocycles. The lowest BCUT2D eigenvalue weighted by Gasteiger charge is -2.33. The average molecular weight is 495 g/mol. The van der Waals surface area contributed by atoms with Gasteiger partial charge < -0.3 is 15.5 Å². The summed E-state index contributed by atoms with van der Waals surface area (Å²) in [5.41, 5.74) is 0.218. The van der Waals surface area contributed by atoms with E-state index in [1.54, 1.807) is 26.0 Å². The molecule has 0 aliphatic carbocycles. The van der Waals surface area contributed by atoms with Gasteiger partial charge in [-0.1, -0.05) is 47.1 Å². The first-order chi connectivity index (χ1) is 16.1. The van der Waals surface area contributed by atoms with Gasteiger partial charge in [-0.15, -0.1) is 0 Å². The zero-order chi connectivity index (χ0) is 25.3. The van der Waals surface area contributed by atoms with Gasteiger partial charge in [0.2, 0.25) is 15.9 Å². The van der Waals surface area contributed by atoms with Gasteiger partial charge in [-0.25, -0.2) is 8.42 Å². The SMILES string of the molecule is CCCCN1CCC(NC(=O)C(NC(=O)c2cccc(S(=O)(=O)N(CC)CC)c2)C(C)C)CC1. The molecule has 2 rings (SSSR count). The summed E-state index contributed by atoms with van der Waals surface area (Å²) in [6.07, 6.45) is 4.17. The minimum Gasteiger partial charge on any atom is -0.351 e. The average Bonchev–Trinajstić information content (AvgIpc) is 2.82. The van der Waals surface area contributed by atoms with Crippen LogP contribution in [0.3, 0.4) is 0 Å². The number of unbranched alkanes of at least 4 members (excludes halogenated alkanes) is 1. The van der Waals surface area contributed by atoms with Crippen molar-refractivity contribution in [3.63, 3.8) is 0 Å². The van der Waals surface area contributed by atoms with E-state index in [-0.39, 0.29) is 28.3 Å². The number of rotatable bonds is 12. The van der Waals surface area contributed by atoms with E-state index in [0.717, 1.165) is 32.5 Å². The van der Waals surface area contributed by atoms with Crippen molar-refractivity contribution in [1.82, 2.24) is 19.8 Å². The topological polar surface area (TPSA) is 98.8 Å². The maximum atomic E-state index is 13.0. The number of carbonyl (C=O) groups is 2. The third-order valence-corrected chi connectivity index (χ3v) is 8.48. The van der Waals surface area contributed by atoms with Crippen LogP contribution in [-0.2, 0) is 14.8 Å². The number of sulfonamides is 1. The molecular weight excluding hydrogens is 452 g/mol. The van der Waals surface area contributed by atoms with Crippen LogP contribution in [0.15, 0.2) is 29.2 Å². The molecule has 1 aromatic rings. The number of hydrogen-bond donors (Lipinski definition) is 2. The Labute approximate surface area is 205 Å². The van der Waals surface area contributed by atoms with E-state index >= 15 is 0 Å². The molecule has 1 aliphatic heterocycles. The third-order valence-electron chi connectivity index (χ3n) is 6.44. The van der Waals surface area contributed by atoms with E-state index in [1.165, 1.54) is 29.3 Å². The first-order valence-electron chi connectivity index (χ1n) is 12.6. The van der Waals surface area contributed by atoms with Crippen molar-refractivity contribution >= 4 is 21.8 Å². The second kappa shape index (κ2) is 13.2. The third kappa shape index (κ3) is 7.52. The Kier molecular flexibility index (Phi) is 11.0. The second-order valence-electron chi connectivity index (χ2n) is 9.29. The standard InChI is InChI=1S/C25H42N4O4S/c1-6-9-15-28-16-13-21(14-17-28)26-25(31)23(19(4)5)27-24(30)20-11-10-12-22(18-20)34(32,33)29(7-2)8-3/h10-12,18-19,21,23H,6-9,13-17H2,1-5H3,(H,26,31)(H,27,30). The summed E-state index contributed by atoms with van der Waals surface area (Å²) < 4.78 is 27.0. The molecular formula is C25H42N4O4S. The fourth-order valence-corrected chi connectivity index (χ4v) is 5.75. The van der Waals surface area contributed by atoms with Crippen molar-refractivity contribution in [2.45, 2.75) is 77.3 Å². The highest BCUT2D eigenvalue weighted by Gasteiger charge is 2.29. The Bertz CT molecular complexity index is 907. The van der Waals surface area contributed by atoms with Crippen molar-refractivity contribution < 1.29 is 18.0 Å². The Morgan fingerprint density at radius 2 is 1.76 bits per heavy atom. The van der Waals surface area contributed by atoms with Gasteiger partial charge in [-0.3, -0.25) is 9.59 Å². The van der Waals surface area contributed by atoms with Gasteiger partial charge in [-0.05, 0) is 49.9 Å². The predicted octanol–water partition coefficient (Wildman–Crippen LogP) is 2.85. The monoisotopic (exact) mass is 494 g/mol. The molecule has 1 heterocycles. The van der Waals surface area contributed by atoms with Crippen LogP contribution in [0.2, 0.25) is 0 Å². The molecule has 192 valence electrons. The predicted molar refractivity (Wildman–Crippen MR) is 135 cm³/mol. The molecule has 1 atom stereocenters. The van der Waals surface area contributed by atoms with Crippen LogP contribution in [0.5, 0.6) is 0 Å². The summed E-state index contributed by atoms with van der Waals surface area (Å²) in [7, 11) is -3.68. The van der Waals surface area contributed by atoms with E-state index in [0.29, 0.717) is 13.1 Å². The maximum Gasteiger partial charge on any atom is 0.251 e. The molecule has 8 nitrogen and oxygen atoms in total. The van der Waals surface area contributed by atoms with E-state index in [9.17, 15) is 18.0 Å². The van der Waals surface area contributed by atoms with Crippen LogP contribution in [0.1, 0.15) is 70.7 Å². The van der Waals surface area contributed by atoms with Crippen molar-refractivity contribution in [3.8, 4) is 0 Å². The number of nitrogens with one attached hydrogen (secondary N) is 2. The molecule has 1 aliphatic rings. The lowest BCUT2D eigenvalue weighted by atomic mass is 10.00. The van der Waals surface area contributed by atoms with E-state index < -0.39 is 22.0 Å². The Morgan fingerprint density at radius 3 is 2.32 bits per heavy atom. The smallest absolute Gasteiger partial charge is 0.251 e. The highest BCUT2D eigenvalue weighted by atomic mass is 32.2. The van der Waals surface area contributed by atoms with Crippen molar-refractivity contribution in [3.05, 3.63) is 29.8 Å². The maximum absolute atomic E-state index is 13.0. The number of hydrogen-bond acceptors (Lipinski definition) is 5. The number of benzene rings is 1. The fraction of sp³-hybridized carbons (Fsp3) is 0.680. The minimum absolute atomic E-state index is 0.0734. The largest absolute Gasteiger partial charge is 0.351 e. The lowest BCUT2D eigenvalue weighted by molar-refractivity contribution is -0.125. The van der Waals surface area contributed by atoms with E-state index in [2.05, 4.69) is 22.5 Å². The lowest BCUT2D eigenvalue weighted by Crippen LogP contribution is -2.54. The molecule has 1 aromatic carbocycles. The molecule has 2 amide bonds. The minimum atomic E-state index is -3.68. The Morgan fingerprint density at radius 1 is 1.12 bits per heavy atom. The normalized spacial score (nSPS) is 16.6. The van der Waals surface area contributed by atoms with Gasteiger partial charge in [0.1, 0.15) is 6.04 Å². The van der Waals surface area contributed by atoms with Crippen LogP contribution < -0.4 is 10.6 Å². The van der Waals surface area contributed by atoms with Gasteiger partial charge in [0.25, 0.3) is 5.91 Å². The molecule has 9 heteroatoms. The van der Waals surface area contributed by atoms with E-state index in [4.69, 9.17) is 0 Å². The first-order valence-corrected chi connectivity index (χ1v) is 14.0. The molecule has 0 spiro atoms. The number of amides is 2. The molecule has 0 radical (unpaired) electrons. The van der Waals surface area contributed by atoms with Gasteiger partial charge in [0.15, 0.2) is 0 Å². The molecule has 2 N–H and O–H groups in total. The molecule has 34 heavy (non-hydrogen) atoms. The first kappa shape index (κ1) is 28.3. The summed E-state index contributed by atoms with van der Waals surface area (Å²) in [5.74, 6) is -0.765. The second-order valence-corrected chi connectivity index (χ2v) is 11.2. The van der Waals surface area contributed by atoms with Crippen molar-refractivity contribution in [2.75, 3.05) is 32.7 Å². The van der Waals surface area contributed by atoms with Crippen LogP contribution >= 0.6 is 0 Å². The van der Waals surface area contributed by atoms with E-state index in [1.807, 2.05) is 13.8 Å². The molecule has 0 bridgehead atoms. The number of carbonyl (C=O) groups excluding carboxylic acids is 2. The van der Waals surface area contributed by atoms with Crippen LogP contribution in [0.4, 0.5) is 0 Å².